The Morgan fingerprint density at radius 1 is 1.05 bits per heavy atom. The third-order valence-corrected chi connectivity index (χ3v) is 8.27. The third kappa shape index (κ3) is 4.37. The summed E-state index contributed by atoms with van der Waals surface area (Å²) in [5.41, 5.74) is 3.18. The highest BCUT2D eigenvalue weighted by Crippen LogP contribution is 2.33. The number of carbonyl (C=O) groups excluding carboxylic acids is 2. The number of anilines is 3. The number of likely N-dealkylation sites (N-methyl/N-ethyl adjacent to an activating group) is 1. The summed E-state index contributed by atoms with van der Waals surface area (Å²) < 4.78 is 28.8. The zero-order chi connectivity index (χ0) is 25.8. The van der Waals surface area contributed by atoms with Gasteiger partial charge in [0.1, 0.15) is 17.7 Å². The van der Waals surface area contributed by atoms with Crippen molar-refractivity contribution in [2.24, 2.45) is 0 Å². The van der Waals surface area contributed by atoms with Gasteiger partial charge in [0.05, 0.1) is 6.04 Å². The highest BCUT2D eigenvalue weighted by molar-refractivity contribution is 5.98. The number of benzene rings is 2. The van der Waals surface area contributed by atoms with E-state index >= 15 is 0 Å². The average Bonchev–Trinajstić information content (AvgIpc) is 3.60. The summed E-state index contributed by atoms with van der Waals surface area (Å²) in [6.45, 7) is 6.63. The fourth-order valence-corrected chi connectivity index (χ4v) is 6.29. The quantitative estimate of drug-likeness (QED) is 0.662. The number of hydrogen-bond acceptors (Lipinski definition) is 5. The van der Waals surface area contributed by atoms with E-state index in [1.165, 1.54) is 18.2 Å². The molecule has 37 heavy (non-hydrogen) atoms. The van der Waals surface area contributed by atoms with Gasteiger partial charge in [-0.3, -0.25) is 9.69 Å². The first-order chi connectivity index (χ1) is 17.8. The summed E-state index contributed by atoms with van der Waals surface area (Å²) in [6, 6.07) is 7.79. The van der Waals surface area contributed by atoms with Crippen LogP contribution in [0.1, 0.15) is 17.5 Å². The predicted molar refractivity (Wildman–Crippen MR) is 138 cm³/mol. The molecule has 0 aromatic heterocycles. The smallest absolute Gasteiger partial charge is 0.320 e. The number of urea groups is 1. The number of piperazine rings is 1. The molecule has 0 saturated carbocycles. The topological polar surface area (TPSA) is 71.2 Å². The molecule has 4 heterocycles. The first kappa shape index (κ1) is 24.0. The van der Waals surface area contributed by atoms with E-state index in [0.717, 1.165) is 56.9 Å². The van der Waals surface area contributed by atoms with Gasteiger partial charge in [0.25, 0.3) is 0 Å². The minimum absolute atomic E-state index is 0.115. The monoisotopic (exact) mass is 510 g/mol. The minimum Gasteiger partial charge on any atom is -0.373 e. The van der Waals surface area contributed by atoms with Gasteiger partial charge in [0, 0.05) is 81.4 Å². The Balaban J connectivity index is 1.10. The highest BCUT2D eigenvalue weighted by atomic mass is 19.1. The summed E-state index contributed by atoms with van der Waals surface area (Å²) in [5.74, 6) is -1.06. The molecule has 0 aliphatic carbocycles. The summed E-state index contributed by atoms with van der Waals surface area (Å²) in [7, 11) is 1.85. The van der Waals surface area contributed by atoms with Gasteiger partial charge in [-0.2, -0.15) is 0 Å². The van der Waals surface area contributed by atoms with Crippen molar-refractivity contribution in [2.75, 3.05) is 61.8 Å². The van der Waals surface area contributed by atoms with Crippen LogP contribution in [0.25, 0.3) is 0 Å². The number of carbonyl (C=O) groups is 2. The third-order valence-electron chi connectivity index (χ3n) is 8.27. The van der Waals surface area contributed by atoms with Crippen LogP contribution in [0.5, 0.6) is 0 Å². The Kier molecular flexibility index (Phi) is 5.94. The van der Waals surface area contributed by atoms with Crippen molar-refractivity contribution in [3.8, 4) is 0 Å². The minimum atomic E-state index is -0.617. The van der Waals surface area contributed by atoms with Gasteiger partial charge in [0.15, 0.2) is 0 Å². The second kappa shape index (κ2) is 9.16. The van der Waals surface area contributed by atoms with Crippen LogP contribution in [0.15, 0.2) is 30.3 Å². The van der Waals surface area contributed by atoms with Crippen molar-refractivity contribution in [3.63, 3.8) is 0 Å². The van der Waals surface area contributed by atoms with Crippen LogP contribution in [0.4, 0.5) is 30.6 Å². The second-order valence-electron chi connectivity index (χ2n) is 10.7. The van der Waals surface area contributed by atoms with Crippen LogP contribution in [0, 0.1) is 18.6 Å². The first-order valence-corrected chi connectivity index (χ1v) is 12.9. The molecule has 0 radical (unpaired) electrons. The number of halogens is 2. The zero-order valence-electron chi connectivity index (χ0n) is 21.1. The van der Waals surface area contributed by atoms with E-state index in [-0.39, 0.29) is 30.2 Å². The van der Waals surface area contributed by atoms with Crippen LogP contribution in [-0.4, -0.2) is 91.1 Å². The molecule has 2 N–H and O–H groups in total. The van der Waals surface area contributed by atoms with E-state index in [9.17, 15) is 18.4 Å². The molecule has 3 atom stereocenters. The molecule has 3 unspecified atom stereocenters. The Labute approximate surface area is 215 Å². The number of hydrogen-bond donors (Lipinski definition) is 2. The van der Waals surface area contributed by atoms with Gasteiger partial charge < -0.3 is 25.3 Å². The molecule has 10 heteroatoms. The maximum Gasteiger partial charge on any atom is 0.320 e. The van der Waals surface area contributed by atoms with Gasteiger partial charge in [-0.15, -0.1) is 0 Å². The molecule has 4 aliphatic rings. The Bertz CT molecular complexity index is 1220. The van der Waals surface area contributed by atoms with Crippen molar-refractivity contribution >= 4 is 29.0 Å². The van der Waals surface area contributed by atoms with Crippen molar-refractivity contribution in [2.45, 2.75) is 37.9 Å². The molecular weight excluding hydrogens is 478 g/mol. The summed E-state index contributed by atoms with van der Waals surface area (Å²) in [5, 5.41) is 5.95. The predicted octanol–water partition coefficient (Wildman–Crippen LogP) is 2.88. The van der Waals surface area contributed by atoms with Gasteiger partial charge in [-0.25, -0.2) is 13.6 Å². The van der Waals surface area contributed by atoms with E-state index in [1.807, 2.05) is 18.9 Å². The number of nitrogens with one attached hydrogen (secondary N) is 2. The largest absolute Gasteiger partial charge is 0.373 e. The van der Waals surface area contributed by atoms with Crippen molar-refractivity contribution in [1.82, 2.24) is 14.7 Å². The fourth-order valence-electron chi connectivity index (χ4n) is 6.29. The molecule has 8 nitrogen and oxygen atoms in total. The van der Waals surface area contributed by atoms with Crippen LogP contribution < -0.4 is 15.5 Å². The average molecular weight is 511 g/mol. The lowest BCUT2D eigenvalue weighted by Gasteiger charge is -2.39. The maximum absolute atomic E-state index is 14.6. The summed E-state index contributed by atoms with van der Waals surface area (Å²) in [4.78, 5) is 33.6. The molecule has 0 bridgehead atoms. The van der Waals surface area contributed by atoms with Crippen LogP contribution in [0.3, 0.4) is 0 Å². The number of aryl methyl sites for hydroxylation is 1. The SMILES string of the molecule is Cc1ccc(F)c2c1NC(C(=O)Nc1cc(F)cc(N3CCC(N4CCN5C(=O)N(C)CC5C4)C3)c1)C2. The molecule has 196 valence electrons. The molecule has 3 amide bonds. The molecule has 2 aromatic carbocycles. The Morgan fingerprint density at radius 3 is 2.70 bits per heavy atom. The van der Waals surface area contributed by atoms with Gasteiger partial charge in [-0.05, 0) is 43.2 Å². The molecule has 4 aliphatic heterocycles. The standard InChI is InChI=1S/C27H32F2N6O2/c1-16-3-4-23(29)22-12-24(31-25(16)22)26(36)30-18-9-17(28)10-20(11-18)33-6-5-19(14-33)34-7-8-35-21(15-34)13-32(2)27(35)37/h3-4,9-11,19,21,24,31H,5-8,12-15H2,1-2H3,(H,30,36). The Hall–Kier alpha value is -3.40. The summed E-state index contributed by atoms with van der Waals surface area (Å²) >= 11 is 0. The van der Waals surface area contributed by atoms with Crippen molar-refractivity contribution in [3.05, 3.63) is 53.1 Å². The van der Waals surface area contributed by atoms with E-state index in [2.05, 4.69) is 20.4 Å². The van der Waals surface area contributed by atoms with Crippen LogP contribution in [0.2, 0.25) is 0 Å². The molecule has 2 aromatic rings. The van der Waals surface area contributed by atoms with E-state index in [4.69, 9.17) is 0 Å². The van der Waals surface area contributed by atoms with Crippen molar-refractivity contribution < 1.29 is 18.4 Å². The fraction of sp³-hybridized carbons (Fsp3) is 0.481. The lowest BCUT2D eigenvalue weighted by molar-refractivity contribution is -0.116. The van der Waals surface area contributed by atoms with Crippen molar-refractivity contribution in [1.29, 1.82) is 0 Å². The van der Waals surface area contributed by atoms with Gasteiger partial charge in [-0.1, -0.05) is 6.07 Å². The first-order valence-electron chi connectivity index (χ1n) is 12.9. The van der Waals surface area contributed by atoms with E-state index < -0.39 is 11.9 Å². The van der Waals surface area contributed by atoms with E-state index in [0.29, 0.717) is 23.0 Å². The molecule has 3 fully saturated rings. The van der Waals surface area contributed by atoms with Crippen LogP contribution >= 0.6 is 0 Å². The second-order valence-corrected chi connectivity index (χ2v) is 10.7. The number of rotatable bonds is 4. The molecular formula is C27H32F2N6O2. The normalized spacial score (nSPS) is 25.4. The maximum atomic E-state index is 14.6. The molecule has 3 saturated heterocycles. The van der Waals surface area contributed by atoms with Gasteiger partial charge >= 0.3 is 6.03 Å². The number of fused-ring (bicyclic) bond motifs is 2. The highest BCUT2D eigenvalue weighted by Gasteiger charge is 2.41. The lowest BCUT2D eigenvalue weighted by atomic mass is 10.1. The molecule has 6 rings (SSSR count). The summed E-state index contributed by atoms with van der Waals surface area (Å²) in [6.07, 6.45) is 1.21. The zero-order valence-corrected chi connectivity index (χ0v) is 21.1. The lowest BCUT2D eigenvalue weighted by Crippen LogP contribution is -2.55. The number of amides is 3. The van der Waals surface area contributed by atoms with E-state index in [1.54, 1.807) is 17.0 Å². The number of nitrogens with zero attached hydrogens (tertiary/aromatic N) is 4. The molecule has 0 spiro atoms. The Morgan fingerprint density at radius 2 is 1.89 bits per heavy atom. The van der Waals surface area contributed by atoms with Crippen LogP contribution in [-0.2, 0) is 11.2 Å². The van der Waals surface area contributed by atoms with Gasteiger partial charge in [0.2, 0.25) is 5.91 Å².